The van der Waals surface area contributed by atoms with Crippen LogP contribution in [0.2, 0.25) is 0 Å². The van der Waals surface area contributed by atoms with Gasteiger partial charge in [-0.05, 0) is 35.6 Å². The topological polar surface area (TPSA) is 27.7 Å². The van der Waals surface area contributed by atoms with Gasteiger partial charge in [-0.1, -0.05) is 109 Å². The Morgan fingerprint density at radius 2 is 1.36 bits per heavy atom. The van der Waals surface area contributed by atoms with E-state index in [0.717, 1.165) is 37.6 Å². The van der Waals surface area contributed by atoms with Gasteiger partial charge in [-0.3, -0.25) is 0 Å². The second-order valence-corrected chi connectivity index (χ2v) is 9.75. The van der Waals surface area contributed by atoms with E-state index >= 15 is 0 Å². The lowest BCUT2D eigenvalue weighted by atomic mass is 10.00. The molecule has 1 aliphatic heterocycles. The molecule has 1 saturated heterocycles. The number of benzene rings is 2. The minimum absolute atomic E-state index is 0.235. The molecule has 1 fully saturated rings. The summed E-state index contributed by atoms with van der Waals surface area (Å²) in [4.78, 5) is 0. The average Bonchev–Trinajstić information content (AvgIpc) is 2.87. The monoisotopic (exact) mass is 452 g/mol. The van der Waals surface area contributed by atoms with Gasteiger partial charge in [-0.2, -0.15) is 0 Å². The molecule has 0 spiro atoms. The Kier molecular flexibility index (Phi) is 11.3. The number of unbranched alkanes of at least 4 members (excludes halogenated alkanes) is 6. The highest BCUT2D eigenvalue weighted by Gasteiger charge is 2.23. The molecule has 2 aromatic rings. The number of rotatable bonds is 14. The lowest BCUT2D eigenvalue weighted by Crippen LogP contribution is -2.27. The van der Waals surface area contributed by atoms with Crippen molar-refractivity contribution in [1.82, 2.24) is 0 Å². The highest BCUT2D eigenvalue weighted by Crippen LogP contribution is 2.30. The molecule has 0 amide bonds. The predicted octanol–water partition coefficient (Wildman–Crippen LogP) is 8.58. The Morgan fingerprint density at radius 1 is 0.788 bits per heavy atom. The standard InChI is InChI=1S/C30H44O3/c1-4-6-7-8-9-10-11-12-25-22-32-30(33-23-25)28-15-13-26(14-16-28)27-17-19-29(20-18-27)31-21-24(3)5-2/h13-20,24-25,30H,4-12,21-23H2,1-3H3. The largest absolute Gasteiger partial charge is 0.493 e. The maximum Gasteiger partial charge on any atom is 0.183 e. The van der Waals surface area contributed by atoms with Gasteiger partial charge in [0.25, 0.3) is 0 Å². The molecule has 1 heterocycles. The summed E-state index contributed by atoms with van der Waals surface area (Å²) in [5.74, 6) is 2.06. The van der Waals surface area contributed by atoms with E-state index < -0.39 is 0 Å². The van der Waals surface area contributed by atoms with E-state index in [0.29, 0.717) is 11.8 Å². The molecule has 0 saturated carbocycles. The third-order valence-electron chi connectivity index (χ3n) is 6.78. The Labute approximate surface area is 201 Å². The first-order valence-corrected chi connectivity index (χ1v) is 13.3. The molecule has 3 heteroatoms. The third kappa shape index (κ3) is 8.79. The Hall–Kier alpha value is -1.84. The zero-order valence-electron chi connectivity index (χ0n) is 21.1. The maximum absolute atomic E-state index is 6.06. The van der Waals surface area contributed by atoms with Gasteiger partial charge >= 0.3 is 0 Å². The average molecular weight is 453 g/mol. The van der Waals surface area contributed by atoms with Crippen LogP contribution in [0.3, 0.4) is 0 Å². The molecule has 0 bridgehead atoms. The van der Waals surface area contributed by atoms with Crippen molar-refractivity contribution in [2.24, 2.45) is 11.8 Å². The van der Waals surface area contributed by atoms with Crippen LogP contribution >= 0.6 is 0 Å². The van der Waals surface area contributed by atoms with Gasteiger partial charge in [-0.15, -0.1) is 0 Å². The fourth-order valence-electron chi connectivity index (χ4n) is 4.23. The van der Waals surface area contributed by atoms with Crippen molar-refractivity contribution >= 4 is 0 Å². The van der Waals surface area contributed by atoms with Gasteiger partial charge in [-0.25, -0.2) is 0 Å². The zero-order chi connectivity index (χ0) is 23.3. The Morgan fingerprint density at radius 3 is 1.97 bits per heavy atom. The molecule has 0 aliphatic carbocycles. The predicted molar refractivity (Wildman–Crippen MR) is 138 cm³/mol. The molecule has 3 nitrogen and oxygen atoms in total. The Balaban J connectivity index is 1.39. The molecule has 2 aromatic carbocycles. The van der Waals surface area contributed by atoms with Crippen LogP contribution in [0.15, 0.2) is 48.5 Å². The van der Waals surface area contributed by atoms with Crippen LogP contribution in [0.1, 0.15) is 90.4 Å². The molecule has 3 rings (SSSR count). The van der Waals surface area contributed by atoms with E-state index in [1.54, 1.807) is 0 Å². The van der Waals surface area contributed by atoms with Gasteiger partial charge in [0, 0.05) is 11.5 Å². The van der Waals surface area contributed by atoms with Crippen molar-refractivity contribution in [3.8, 4) is 16.9 Å². The van der Waals surface area contributed by atoms with E-state index in [4.69, 9.17) is 14.2 Å². The summed E-state index contributed by atoms with van der Waals surface area (Å²) in [6, 6.07) is 16.9. The van der Waals surface area contributed by atoms with Crippen LogP contribution in [0.5, 0.6) is 5.75 Å². The molecule has 1 unspecified atom stereocenters. The molecule has 1 aliphatic rings. The summed E-state index contributed by atoms with van der Waals surface area (Å²) in [7, 11) is 0. The van der Waals surface area contributed by atoms with Crippen LogP contribution in [0.4, 0.5) is 0 Å². The summed E-state index contributed by atoms with van der Waals surface area (Å²) in [6.07, 6.45) is 11.6. The zero-order valence-corrected chi connectivity index (χ0v) is 21.1. The molecule has 33 heavy (non-hydrogen) atoms. The van der Waals surface area contributed by atoms with Crippen molar-refractivity contribution in [2.45, 2.75) is 84.8 Å². The molecule has 1 atom stereocenters. The summed E-state index contributed by atoms with van der Waals surface area (Å²) < 4.78 is 18.0. The van der Waals surface area contributed by atoms with Gasteiger partial charge in [0.05, 0.1) is 19.8 Å². The second kappa shape index (κ2) is 14.4. The summed E-state index contributed by atoms with van der Waals surface area (Å²) in [5.41, 5.74) is 3.49. The van der Waals surface area contributed by atoms with Gasteiger partial charge in [0.15, 0.2) is 6.29 Å². The fourth-order valence-corrected chi connectivity index (χ4v) is 4.23. The van der Waals surface area contributed by atoms with Crippen LogP contribution in [-0.4, -0.2) is 19.8 Å². The van der Waals surface area contributed by atoms with E-state index in [-0.39, 0.29) is 6.29 Å². The second-order valence-electron chi connectivity index (χ2n) is 9.75. The third-order valence-corrected chi connectivity index (χ3v) is 6.78. The summed E-state index contributed by atoms with van der Waals surface area (Å²) in [5, 5.41) is 0. The van der Waals surface area contributed by atoms with Gasteiger partial charge in [0.1, 0.15) is 5.75 Å². The smallest absolute Gasteiger partial charge is 0.183 e. The maximum atomic E-state index is 6.06. The van der Waals surface area contributed by atoms with E-state index in [1.165, 1.54) is 62.5 Å². The fraction of sp³-hybridized carbons (Fsp3) is 0.600. The lowest BCUT2D eigenvalue weighted by molar-refractivity contribution is -0.206. The lowest BCUT2D eigenvalue weighted by Gasteiger charge is -2.29. The summed E-state index contributed by atoms with van der Waals surface area (Å²) in [6.45, 7) is 9.06. The van der Waals surface area contributed by atoms with Crippen molar-refractivity contribution in [3.05, 3.63) is 54.1 Å². The van der Waals surface area contributed by atoms with Crippen LogP contribution in [-0.2, 0) is 9.47 Å². The summed E-state index contributed by atoms with van der Waals surface area (Å²) >= 11 is 0. The van der Waals surface area contributed by atoms with E-state index in [9.17, 15) is 0 Å². The molecular weight excluding hydrogens is 408 g/mol. The van der Waals surface area contributed by atoms with Crippen LogP contribution < -0.4 is 4.74 Å². The molecule has 182 valence electrons. The number of hydrogen-bond acceptors (Lipinski definition) is 3. The molecule has 0 radical (unpaired) electrons. The van der Waals surface area contributed by atoms with E-state index in [2.05, 4.69) is 69.3 Å². The molecular formula is C30H44O3. The Bertz CT molecular complexity index is 760. The highest BCUT2D eigenvalue weighted by atomic mass is 16.7. The number of ether oxygens (including phenoxy) is 3. The SMILES string of the molecule is CCCCCCCCCC1COC(c2ccc(-c3ccc(OCC(C)CC)cc3)cc2)OC1. The van der Waals surface area contributed by atoms with E-state index in [1.807, 2.05) is 0 Å². The number of hydrogen-bond donors (Lipinski definition) is 0. The van der Waals surface area contributed by atoms with Crippen LogP contribution in [0.25, 0.3) is 11.1 Å². The van der Waals surface area contributed by atoms with Crippen molar-refractivity contribution in [2.75, 3.05) is 19.8 Å². The first-order valence-electron chi connectivity index (χ1n) is 13.3. The highest BCUT2D eigenvalue weighted by molar-refractivity contribution is 5.64. The molecule has 0 N–H and O–H groups in total. The van der Waals surface area contributed by atoms with Crippen molar-refractivity contribution < 1.29 is 14.2 Å². The first-order chi connectivity index (χ1) is 16.2. The van der Waals surface area contributed by atoms with Gasteiger partial charge in [0.2, 0.25) is 0 Å². The van der Waals surface area contributed by atoms with Crippen molar-refractivity contribution in [3.63, 3.8) is 0 Å². The van der Waals surface area contributed by atoms with Crippen LogP contribution in [0, 0.1) is 11.8 Å². The normalized spacial score (nSPS) is 19.4. The molecule has 0 aromatic heterocycles. The van der Waals surface area contributed by atoms with Crippen molar-refractivity contribution in [1.29, 1.82) is 0 Å². The minimum Gasteiger partial charge on any atom is -0.493 e. The quantitative estimate of drug-likeness (QED) is 0.269. The first kappa shape index (κ1) is 25.8. The van der Waals surface area contributed by atoms with Gasteiger partial charge < -0.3 is 14.2 Å². The minimum atomic E-state index is -0.235.